The Kier molecular flexibility index (Phi) is 35.3. The molecule has 0 fully saturated rings. The molecule has 0 aromatic carbocycles. The third kappa shape index (κ3) is 40.0. The molecule has 9 heteroatoms. The Morgan fingerprint density at radius 2 is 1.06 bits per heavy atom. The van der Waals surface area contributed by atoms with Gasteiger partial charge < -0.3 is 27.9 Å². The molecule has 302 valence electrons. The van der Waals surface area contributed by atoms with Crippen LogP contribution in [0.2, 0.25) is 0 Å². The molecule has 0 aliphatic heterocycles. The average Bonchev–Trinajstić information content (AvgIpc) is 3.08. The molecule has 0 aliphatic carbocycles. The summed E-state index contributed by atoms with van der Waals surface area (Å²) in [5.41, 5.74) is 0. The number of quaternary nitrogens is 1. The molecule has 0 radical (unpaired) electrons. The van der Waals surface area contributed by atoms with Crippen molar-refractivity contribution in [3.8, 4) is 0 Å². The summed E-state index contributed by atoms with van der Waals surface area (Å²) < 4.78 is 34.5. The van der Waals surface area contributed by atoms with E-state index in [9.17, 15) is 14.3 Å². The molecule has 0 aromatic rings. The molecule has 2 unspecified atom stereocenters. The predicted molar refractivity (Wildman–Crippen MR) is 213 cm³/mol. The third-order valence-corrected chi connectivity index (χ3v) is 9.92. The van der Waals surface area contributed by atoms with Crippen molar-refractivity contribution < 1.29 is 37.3 Å². The van der Waals surface area contributed by atoms with Gasteiger partial charge in [0.25, 0.3) is 7.82 Å². The fourth-order valence-electron chi connectivity index (χ4n) is 5.66. The van der Waals surface area contributed by atoms with Crippen LogP contribution in [0, 0.1) is 0 Å². The summed E-state index contributed by atoms with van der Waals surface area (Å²) >= 11 is 0. The van der Waals surface area contributed by atoms with Crippen LogP contribution < -0.4 is 4.89 Å². The molecular formula is C42H82NO7P. The van der Waals surface area contributed by atoms with E-state index in [0.29, 0.717) is 24.1 Å². The number of ether oxygens (including phenoxy) is 2. The Hall–Kier alpha value is -1.02. The average molecular weight is 744 g/mol. The number of nitrogens with zero attached hydrogens (tertiary/aromatic N) is 1. The lowest BCUT2D eigenvalue weighted by Crippen LogP contribution is -2.37. The topological polar surface area (TPSA) is 94.1 Å². The van der Waals surface area contributed by atoms with E-state index in [4.69, 9.17) is 18.5 Å². The van der Waals surface area contributed by atoms with Crippen molar-refractivity contribution >= 4 is 13.8 Å². The van der Waals surface area contributed by atoms with Gasteiger partial charge in [0.1, 0.15) is 19.3 Å². The third-order valence-electron chi connectivity index (χ3n) is 8.96. The van der Waals surface area contributed by atoms with Crippen LogP contribution in [0.15, 0.2) is 24.3 Å². The van der Waals surface area contributed by atoms with Gasteiger partial charge in [0, 0.05) is 13.0 Å². The van der Waals surface area contributed by atoms with Gasteiger partial charge in [-0.1, -0.05) is 141 Å². The molecule has 0 spiro atoms. The number of rotatable bonds is 39. The van der Waals surface area contributed by atoms with Crippen molar-refractivity contribution in [3.05, 3.63) is 24.3 Å². The number of phosphoric acid groups is 1. The van der Waals surface area contributed by atoms with E-state index in [0.717, 1.165) is 32.1 Å². The van der Waals surface area contributed by atoms with Gasteiger partial charge in [-0.05, 0) is 57.8 Å². The molecule has 0 rings (SSSR count). The lowest BCUT2D eigenvalue weighted by Gasteiger charge is -2.28. The number of hydrogen-bond acceptors (Lipinski definition) is 7. The molecule has 0 saturated heterocycles. The minimum atomic E-state index is -4.52. The quantitative estimate of drug-likeness (QED) is 0.0203. The predicted octanol–water partition coefficient (Wildman–Crippen LogP) is 11.4. The molecule has 51 heavy (non-hydrogen) atoms. The zero-order chi connectivity index (χ0) is 37.7. The first-order valence-electron chi connectivity index (χ1n) is 21.1. The monoisotopic (exact) mass is 744 g/mol. The molecule has 0 saturated carbocycles. The summed E-state index contributed by atoms with van der Waals surface area (Å²) in [7, 11) is 1.35. The number of carbonyl (C=O) groups excluding carboxylic acids is 1. The number of allylic oxidation sites excluding steroid dienone is 4. The van der Waals surface area contributed by atoms with E-state index in [1.54, 1.807) is 0 Å². The van der Waals surface area contributed by atoms with Gasteiger partial charge in [-0.2, -0.15) is 0 Å². The molecule has 0 N–H and O–H groups in total. The van der Waals surface area contributed by atoms with Crippen LogP contribution in [-0.4, -0.2) is 70.7 Å². The number of carbonyl (C=O) groups is 1. The minimum absolute atomic E-state index is 0.0250. The fraction of sp³-hybridized carbons (Fsp3) is 0.881. The molecule has 0 aliphatic rings. The van der Waals surface area contributed by atoms with Crippen molar-refractivity contribution in [2.24, 2.45) is 0 Å². The zero-order valence-corrected chi connectivity index (χ0v) is 35.0. The molecule has 0 bridgehead atoms. The smallest absolute Gasteiger partial charge is 0.306 e. The maximum absolute atomic E-state index is 12.6. The van der Waals surface area contributed by atoms with Gasteiger partial charge in [-0.3, -0.25) is 9.36 Å². The summed E-state index contributed by atoms with van der Waals surface area (Å²) in [5, 5.41) is 0. The first kappa shape index (κ1) is 50.0. The van der Waals surface area contributed by atoms with Crippen molar-refractivity contribution in [2.75, 3.05) is 54.1 Å². The molecule has 8 nitrogen and oxygen atoms in total. The highest BCUT2D eigenvalue weighted by atomic mass is 31.2. The zero-order valence-electron chi connectivity index (χ0n) is 34.1. The lowest BCUT2D eigenvalue weighted by atomic mass is 10.1. The fourth-order valence-corrected chi connectivity index (χ4v) is 6.39. The first-order valence-corrected chi connectivity index (χ1v) is 22.5. The van der Waals surface area contributed by atoms with Gasteiger partial charge in [0.15, 0.2) is 0 Å². The Labute approximate surface area is 315 Å². The van der Waals surface area contributed by atoms with Crippen LogP contribution in [0.1, 0.15) is 181 Å². The Bertz CT molecular complexity index is 874. The van der Waals surface area contributed by atoms with E-state index in [2.05, 4.69) is 38.2 Å². The van der Waals surface area contributed by atoms with Gasteiger partial charge >= 0.3 is 5.97 Å². The van der Waals surface area contributed by atoms with Crippen LogP contribution in [0.4, 0.5) is 0 Å². The van der Waals surface area contributed by atoms with Crippen molar-refractivity contribution in [2.45, 2.75) is 187 Å². The Morgan fingerprint density at radius 1 is 0.588 bits per heavy atom. The van der Waals surface area contributed by atoms with Crippen LogP contribution in [-0.2, 0) is 27.9 Å². The Balaban J connectivity index is 4.22. The highest BCUT2D eigenvalue weighted by Crippen LogP contribution is 2.38. The standard InChI is InChI=1S/C42H82NO7P/c1-6-8-10-12-14-16-18-19-20-21-22-23-24-25-27-29-31-33-35-42(44)50-41(40-49-51(45,46)48-38-36-43(3,4)5)39-47-37-34-32-30-28-26-17-15-13-11-9-7-2/h11,13,20-21,41H,6-10,12,14-19,22-40H2,1-5H3/b13-11-,21-20-. The summed E-state index contributed by atoms with van der Waals surface area (Å²) in [4.78, 5) is 25.0. The highest BCUT2D eigenvalue weighted by molar-refractivity contribution is 7.45. The van der Waals surface area contributed by atoms with Crippen LogP contribution in [0.3, 0.4) is 0 Å². The summed E-state index contributed by atoms with van der Waals surface area (Å²) in [6.45, 7) is 5.34. The second-order valence-corrected chi connectivity index (χ2v) is 16.8. The lowest BCUT2D eigenvalue weighted by molar-refractivity contribution is -0.870. The van der Waals surface area contributed by atoms with E-state index in [1.807, 2.05) is 21.1 Å². The van der Waals surface area contributed by atoms with Crippen LogP contribution in [0.5, 0.6) is 0 Å². The van der Waals surface area contributed by atoms with Crippen LogP contribution >= 0.6 is 7.82 Å². The number of hydrogen-bond donors (Lipinski definition) is 0. The number of phosphoric ester groups is 1. The summed E-state index contributed by atoms with van der Waals surface area (Å²) in [5.74, 6) is -0.341. The van der Waals surface area contributed by atoms with Crippen molar-refractivity contribution in [1.82, 2.24) is 0 Å². The van der Waals surface area contributed by atoms with Crippen molar-refractivity contribution in [1.29, 1.82) is 0 Å². The number of likely N-dealkylation sites (N-methyl/N-ethyl adjacent to an activating group) is 1. The normalized spacial score (nSPS) is 14.1. The van der Waals surface area contributed by atoms with Gasteiger partial charge in [0.2, 0.25) is 0 Å². The van der Waals surface area contributed by atoms with E-state index >= 15 is 0 Å². The van der Waals surface area contributed by atoms with Crippen LogP contribution in [0.25, 0.3) is 0 Å². The largest absolute Gasteiger partial charge is 0.756 e. The second kappa shape index (κ2) is 36.0. The molecule has 0 aromatic heterocycles. The van der Waals surface area contributed by atoms with Crippen molar-refractivity contribution in [3.63, 3.8) is 0 Å². The van der Waals surface area contributed by atoms with E-state index in [1.165, 1.54) is 128 Å². The molecule has 2 atom stereocenters. The van der Waals surface area contributed by atoms with E-state index in [-0.39, 0.29) is 25.8 Å². The van der Waals surface area contributed by atoms with Gasteiger partial charge in [-0.15, -0.1) is 0 Å². The van der Waals surface area contributed by atoms with Gasteiger partial charge in [-0.25, -0.2) is 0 Å². The first-order chi connectivity index (χ1) is 24.6. The summed E-state index contributed by atoms with van der Waals surface area (Å²) in [6.07, 6.45) is 39.0. The second-order valence-electron chi connectivity index (χ2n) is 15.3. The summed E-state index contributed by atoms with van der Waals surface area (Å²) in [6, 6.07) is 0. The van der Waals surface area contributed by atoms with Gasteiger partial charge in [0.05, 0.1) is 34.4 Å². The molecule has 0 heterocycles. The highest BCUT2D eigenvalue weighted by Gasteiger charge is 2.20. The SMILES string of the molecule is CCC/C=C\CCCCCCCCOCC(COP(=O)([O-])OCC[N+](C)(C)C)OC(=O)CCCCCCCCC/C=C\CCCCCCCCC. The molecule has 0 amide bonds. The maximum atomic E-state index is 12.6. The number of unbranched alkanes of at least 4 members (excludes halogenated alkanes) is 21. The minimum Gasteiger partial charge on any atom is -0.756 e. The maximum Gasteiger partial charge on any atom is 0.306 e. The molecular weight excluding hydrogens is 661 g/mol. The Morgan fingerprint density at radius 3 is 1.57 bits per heavy atom. The number of esters is 1. The van der Waals surface area contributed by atoms with E-state index < -0.39 is 13.9 Å².